The Kier molecular flexibility index (Phi) is 6.29. The van der Waals surface area contributed by atoms with E-state index in [1.807, 2.05) is 35.0 Å². The predicted molar refractivity (Wildman–Crippen MR) is 105 cm³/mol. The molecule has 1 fully saturated rings. The molecule has 1 saturated heterocycles. The van der Waals surface area contributed by atoms with Crippen molar-refractivity contribution in [2.24, 2.45) is 0 Å². The molecule has 0 saturated carbocycles. The first-order valence-electron chi connectivity index (χ1n) is 9.47. The van der Waals surface area contributed by atoms with E-state index in [9.17, 15) is 9.59 Å². The van der Waals surface area contributed by atoms with Crippen molar-refractivity contribution in [3.8, 4) is 0 Å². The Balaban J connectivity index is 1.51. The molecule has 1 aliphatic heterocycles. The van der Waals surface area contributed by atoms with Gasteiger partial charge in [0.25, 0.3) is 0 Å². The van der Waals surface area contributed by atoms with Crippen LogP contribution in [-0.4, -0.2) is 48.1 Å². The molecule has 0 spiro atoms. The quantitative estimate of drug-likeness (QED) is 0.795. The number of likely N-dealkylation sites (tertiary alicyclic amines) is 1. The summed E-state index contributed by atoms with van der Waals surface area (Å²) in [6.07, 6.45) is 4.68. The molecular weight excluding hydrogens is 342 g/mol. The van der Waals surface area contributed by atoms with Crippen molar-refractivity contribution >= 4 is 17.6 Å². The molecule has 1 amide bonds. The van der Waals surface area contributed by atoms with Gasteiger partial charge in [-0.05, 0) is 49.1 Å². The minimum Gasteiger partial charge on any atom is -0.464 e. The van der Waals surface area contributed by atoms with Crippen LogP contribution in [0.4, 0.5) is 5.69 Å². The molecule has 1 aliphatic rings. The molecule has 3 rings (SSSR count). The number of piperidine rings is 1. The summed E-state index contributed by atoms with van der Waals surface area (Å²) in [7, 11) is 1.40. The maximum atomic E-state index is 12.4. The zero-order chi connectivity index (χ0) is 19.2. The molecule has 0 radical (unpaired) electrons. The van der Waals surface area contributed by atoms with E-state index in [4.69, 9.17) is 4.74 Å². The van der Waals surface area contributed by atoms with Crippen molar-refractivity contribution in [2.45, 2.75) is 32.2 Å². The van der Waals surface area contributed by atoms with Crippen LogP contribution in [0, 0.1) is 0 Å². The lowest BCUT2D eigenvalue weighted by atomic mass is 10.0. The highest BCUT2D eigenvalue weighted by Gasteiger charge is 2.24. The number of carbonyl (C=O) groups excluding carboxylic acids is 2. The van der Waals surface area contributed by atoms with Gasteiger partial charge in [-0.25, -0.2) is 4.79 Å². The van der Waals surface area contributed by atoms with Crippen molar-refractivity contribution in [1.82, 2.24) is 9.47 Å². The molecule has 0 atom stereocenters. The number of nitrogens with zero attached hydrogens (tertiary/aromatic N) is 2. The average molecular weight is 369 g/mol. The van der Waals surface area contributed by atoms with Gasteiger partial charge in [-0.2, -0.15) is 0 Å². The van der Waals surface area contributed by atoms with Crippen LogP contribution in [0.15, 0.2) is 42.6 Å². The third-order valence-electron chi connectivity index (χ3n) is 5.11. The fourth-order valence-electron chi connectivity index (χ4n) is 3.62. The molecule has 2 aromatic rings. The summed E-state index contributed by atoms with van der Waals surface area (Å²) in [6.45, 7) is 4.14. The number of aromatic nitrogens is 1. The first-order chi connectivity index (χ1) is 13.1. The van der Waals surface area contributed by atoms with E-state index in [-0.39, 0.29) is 17.9 Å². The van der Waals surface area contributed by atoms with Gasteiger partial charge < -0.3 is 14.6 Å². The van der Waals surface area contributed by atoms with Gasteiger partial charge in [0.2, 0.25) is 5.91 Å². The summed E-state index contributed by atoms with van der Waals surface area (Å²) >= 11 is 0. The number of anilines is 1. The van der Waals surface area contributed by atoms with E-state index in [0.717, 1.165) is 38.0 Å². The van der Waals surface area contributed by atoms with Crippen molar-refractivity contribution < 1.29 is 14.3 Å². The summed E-state index contributed by atoms with van der Waals surface area (Å²) in [5, 5.41) is 2.99. The normalized spacial score (nSPS) is 15.5. The zero-order valence-corrected chi connectivity index (χ0v) is 16.0. The van der Waals surface area contributed by atoms with Gasteiger partial charge in [-0.1, -0.05) is 19.1 Å². The Morgan fingerprint density at radius 1 is 1.19 bits per heavy atom. The van der Waals surface area contributed by atoms with Gasteiger partial charge in [-0.15, -0.1) is 0 Å². The zero-order valence-electron chi connectivity index (χ0n) is 16.0. The number of hydrogen-bond donors (Lipinski definition) is 1. The fraction of sp³-hybridized carbons (Fsp3) is 0.429. The monoisotopic (exact) mass is 369 g/mol. The van der Waals surface area contributed by atoms with E-state index in [1.165, 1.54) is 12.7 Å². The molecule has 6 heteroatoms. The van der Waals surface area contributed by atoms with Crippen LogP contribution < -0.4 is 5.32 Å². The molecule has 0 unspecified atom stereocenters. The minimum absolute atomic E-state index is 0.0120. The summed E-state index contributed by atoms with van der Waals surface area (Å²) < 4.78 is 6.85. The molecule has 27 heavy (non-hydrogen) atoms. The summed E-state index contributed by atoms with van der Waals surface area (Å²) in [4.78, 5) is 26.4. The van der Waals surface area contributed by atoms with Crippen LogP contribution in [0.2, 0.25) is 0 Å². The highest BCUT2D eigenvalue weighted by atomic mass is 16.5. The first kappa shape index (κ1) is 19.2. The Morgan fingerprint density at radius 3 is 2.67 bits per heavy atom. The topological polar surface area (TPSA) is 63.6 Å². The van der Waals surface area contributed by atoms with Crippen molar-refractivity contribution in [3.63, 3.8) is 0 Å². The first-order valence-corrected chi connectivity index (χ1v) is 9.47. The number of nitrogens with one attached hydrogen (secondary N) is 1. The van der Waals surface area contributed by atoms with Crippen LogP contribution in [0.1, 0.15) is 41.9 Å². The van der Waals surface area contributed by atoms with E-state index < -0.39 is 0 Å². The van der Waals surface area contributed by atoms with E-state index >= 15 is 0 Å². The third-order valence-corrected chi connectivity index (χ3v) is 5.11. The standard InChI is InChI=1S/C21H27N3O3/c1-3-16-6-4-7-17(14-16)22-20(25)15-23-12-9-18(10-13-23)24-11-5-8-19(24)21(26)27-2/h4-8,11,14,18H,3,9-10,12-13,15H2,1-2H3,(H,22,25). The molecule has 144 valence electrons. The van der Waals surface area contributed by atoms with Gasteiger partial charge in [0.05, 0.1) is 13.7 Å². The van der Waals surface area contributed by atoms with Crippen molar-refractivity contribution in [3.05, 3.63) is 53.9 Å². The smallest absolute Gasteiger partial charge is 0.354 e. The predicted octanol–water partition coefficient (Wildman–Crippen LogP) is 3.11. The Hall–Kier alpha value is -2.60. The van der Waals surface area contributed by atoms with Crippen LogP contribution in [0.5, 0.6) is 0 Å². The fourth-order valence-corrected chi connectivity index (χ4v) is 3.62. The second kappa shape index (κ2) is 8.86. The second-order valence-electron chi connectivity index (χ2n) is 6.90. The second-order valence-corrected chi connectivity index (χ2v) is 6.90. The highest BCUT2D eigenvalue weighted by molar-refractivity contribution is 5.92. The Bertz CT molecular complexity index is 791. The molecule has 1 N–H and O–H groups in total. The number of benzene rings is 1. The maximum Gasteiger partial charge on any atom is 0.354 e. The number of aryl methyl sites for hydroxylation is 1. The molecular formula is C21H27N3O3. The van der Waals surface area contributed by atoms with Crippen LogP contribution in [0.25, 0.3) is 0 Å². The van der Waals surface area contributed by atoms with E-state index in [2.05, 4.69) is 23.2 Å². The van der Waals surface area contributed by atoms with Gasteiger partial charge in [0.1, 0.15) is 5.69 Å². The van der Waals surface area contributed by atoms with Crippen LogP contribution >= 0.6 is 0 Å². The SMILES string of the molecule is CCc1cccc(NC(=O)CN2CCC(n3cccc3C(=O)OC)CC2)c1. The number of methoxy groups -OCH3 is 1. The van der Waals surface area contributed by atoms with Gasteiger partial charge >= 0.3 is 5.97 Å². The van der Waals surface area contributed by atoms with Crippen molar-refractivity contribution in [1.29, 1.82) is 0 Å². The minimum atomic E-state index is -0.309. The van der Waals surface area contributed by atoms with Crippen molar-refractivity contribution in [2.75, 3.05) is 32.1 Å². The van der Waals surface area contributed by atoms with Crippen LogP contribution in [0.3, 0.4) is 0 Å². The maximum absolute atomic E-state index is 12.4. The number of rotatable bonds is 6. The molecule has 1 aromatic heterocycles. The number of amides is 1. The summed E-state index contributed by atoms with van der Waals surface area (Å²) in [6, 6.07) is 11.9. The average Bonchev–Trinajstić information content (AvgIpc) is 3.18. The highest BCUT2D eigenvalue weighted by Crippen LogP contribution is 2.25. The third kappa shape index (κ3) is 4.77. The number of hydrogen-bond acceptors (Lipinski definition) is 4. The molecule has 0 aliphatic carbocycles. The number of carbonyl (C=O) groups is 2. The lowest BCUT2D eigenvalue weighted by Crippen LogP contribution is -2.40. The molecule has 6 nitrogen and oxygen atoms in total. The van der Waals surface area contributed by atoms with E-state index in [1.54, 1.807) is 6.07 Å². The van der Waals surface area contributed by atoms with Gasteiger partial charge in [0.15, 0.2) is 0 Å². The van der Waals surface area contributed by atoms with E-state index in [0.29, 0.717) is 12.2 Å². The van der Waals surface area contributed by atoms with Gasteiger partial charge in [0, 0.05) is 31.0 Å². The lowest BCUT2D eigenvalue weighted by Gasteiger charge is -2.32. The van der Waals surface area contributed by atoms with Crippen LogP contribution in [-0.2, 0) is 16.0 Å². The van der Waals surface area contributed by atoms with Gasteiger partial charge in [-0.3, -0.25) is 9.69 Å². The Morgan fingerprint density at radius 2 is 1.96 bits per heavy atom. The summed E-state index contributed by atoms with van der Waals surface area (Å²) in [5.41, 5.74) is 2.65. The molecule has 0 bridgehead atoms. The summed E-state index contributed by atoms with van der Waals surface area (Å²) in [5.74, 6) is -0.297. The lowest BCUT2D eigenvalue weighted by molar-refractivity contribution is -0.117. The molecule has 2 heterocycles. The number of ether oxygens (including phenoxy) is 1. The Labute approximate surface area is 160 Å². The largest absolute Gasteiger partial charge is 0.464 e. The number of esters is 1. The molecule has 1 aromatic carbocycles.